The lowest BCUT2D eigenvalue weighted by Crippen LogP contribution is -2.39. The number of anilines is 1. The maximum absolute atomic E-state index is 13.4. The van der Waals surface area contributed by atoms with E-state index in [-0.39, 0.29) is 12.6 Å². The van der Waals surface area contributed by atoms with E-state index >= 15 is 0 Å². The van der Waals surface area contributed by atoms with E-state index < -0.39 is 6.17 Å². The Labute approximate surface area is 88.1 Å². The molecule has 1 saturated heterocycles. The first-order valence-electron chi connectivity index (χ1n) is 4.93. The number of aromatic nitrogens is 2. The SMILES string of the molecule is Cc1nccc(N(C)C2COCC2F)n1. The first kappa shape index (κ1) is 10.3. The summed E-state index contributed by atoms with van der Waals surface area (Å²) in [5.74, 6) is 1.43. The van der Waals surface area contributed by atoms with E-state index in [1.807, 2.05) is 18.9 Å². The Morgan fingerprint density at radius 2 is 2.33 bits per heavy atom. The van der Waals surface area contributed by atoms with Crippen LogP contribution in [-0.2, 0) is 4.74 Å². The van der Waals surface area contributed by atoms with Gasteiger partial charge in [0.2, 0.25) is 0 Å². The fourth-order valence-electron chi connectivity index (χ4n) is 1.68. The van der Waals surface area contributed by atoms with Crippen molar-refractivity contribution in [1.82, 2.24) is 9.97 Å². The predicted octanol–water partition coefficient (Wildman–Crippen LogP) is 0.958. The van der Waals surface area contributed by atoms with Crippen LogP contribution in [0.1, 0.15) is 5.82 Å². The maximum Gasteiger partial charge on any atom is 0.146 e. The molecule has 1 aliphatic rings. The van der Waals surface area contributed by atoms with Crippen LogP contribution in [0.3, 0.4) is 0 Å². The molecule has 2 rings (SSSR count). The number of hydrogen-bond acceptors (Lipinski definition) is 4. The van der Waals surface area contributed by atoms with Crippen molar-refractivity contribution in [1.29, 1.82) is 0 Å². The van der Waals surface area contributed by atoms with E-state index in [0.29, 0.717) is 12.4 Å². The molecule has 0 spiro atoms. The lowest BCUT2D eigenvalue weighted by Gasteiger charge is -2.25. The number of halogens is 1. The van der Waals surface area contributed by atoms with Crippen molar-refractivity contribution < 1.29 is 9.13 Å². The second-order valence-corrected chi connectivity index (χ2v) is 3.69. The van der Waals surface area contributed by atoms with Gasteiger partial charge in [-0.3, -0.25) is 0 Å². The van der Waals surface area contributed by atoms with Crippen molar-refractivity contribution in [3.8, 4) is 0 Å². The lowest BCUT2D eigenvalue weighted by molar-refractivity contribution is 0.173. The van der Waals surface area contributed by atoms with Gasteiger partial charge >= 0.3 is 0 Å². The van der Waals surface area contributed by atoms with E-state index in [2.05, 4.69) is 9.97 Å². The number of rotatable bonds is 2. The summed E-state index contributed by atoms with van der Waals surface area (Å²) in [7, 11) is 1.83. The molecule has 2 atom stereocenters. The molecule has 0 aliphatic carbocycles. The minimum Gasteiger partial charge on any atom is -0.376 e. The minimum atomic E-state index is -0.940. The lowest BCUT2D eigenvalue weighted by atomic mass is 10.2. The Morgan fingerprint density at radius 1 is 1.53 bits per heavy atom. The van der Waals surface area contributed by atoms with Gasteiger partial charge in [-0.05, 0) is 13.0 Å². The van der Waals surface area contributed by atoms with Crippen molar-refractivity contribution in [2.45, 2.75) is 19.1 Å². The van der Waals surface area contributed by atoms with Crippen LogP contribution < -0.4 is 4.90 Å². The van der Waals surface area contributed by atoms with Crippen molar-refractivity contribution in [3.63, 3.8) is 0 Å². The molecule has 0 N–H and O–H groups in total. The molecular formula is C10H14FN3O. The van der Waals surface area contributed by atoms with Crippen LogP contribution in [0.4, 0.5) is 10.2 Å². The molecule has 0 radical (unpaired) electrons. The molecule has 4 nitrogen and oxygen atoms in total. The van der Waals surface area contributed by atoms with Gasteiger partial charge in [0, 0.05) is 13.2 Å². The van der Waals surface area contributed by atoms with Crippen LogP contribution >= 0.6 is 0 Å². The van der Waals surface area contributed by atoms with Crippen LogP contribution in [0.15, 0.2) is 12.3 Å². The molecule has 1 aromatic rings. The molecule has 0 saturated carbocycles. The van der Waals surface area contributed by atoms with Crippen LogP contribution in [0.2, 0.25) is 0 Å². The molecular weight excluding hydrogens is 197 g/mol. The van der Waals surface area contributed by atoms with E-state index in [4.69, 9.17) is 4.74 Å². The molecule has 15 heavy (non-hydrogen) atoms. The number of alkyl halides is 1. The third-order valence-electron chi connectivity index (χ3n) is 2.60. The second kappa shape index (κ2) is 4.10. The zero-order chi connectivity index (χ0) is 10.8. The molecule has 0 bridgehead atoms. The fraction of sp³-hybridized carbons (Fsp3) is 0.600. The molecule has 2 heterocycles. The van der Waals surface area contributed by atoms with Gasteiger partial charge in [0.1, 0.15) is 17.8 Å². The average molecular weight is 211 g/mol. The third kappa shape index (κ3) is 2.07. The van der Waals surface area contributed by atoms with E-state index in [9.17, 15) is 4.39 Å². The van der Waals surface area contributed by atoms with Gasteiger partial charge in [0.05, 0.1) is 19.3 Å². The van der Waals surface area contributed by atoms with Crippen molar-refractivity contribution >= 4 is 5.82 Å². The van der Waals surface area contributed by atoms with Crippen LogP contribution in [0.5, 0.6) is 0 Å². The van der Waals surface area contributed by atoms with Gasteiger partial charge in [-0.1, -0.05) is 0 Å². The smallest absolute Gasteiger partial charge is 0.146 e. The summed E-state index contributed by atoms with van der Waals surface area (Å²) in [6.07, 6.45) is 0.738. The summed E-state index contributed by atoms with van der Waals surface area (Å²) in [5.41, 5.74) is 0. The van der Waals surface area contributed by atoms with Crippen molar-refractivity contribution in [3.05, 3.63) is 18.1 Å². The Bertz CT molecular complexity index is 347. The molecule has 2 unspecified atom stereocenters. The summed E-state index contributed by atoms with van der Waals surface area (Å²) in [4.78, 5) is 10.1. The summed E-state index contributed by atoms with van der Waals surface area (Å²) in [6, 6.07) is 1.54. The average Bonchev–Trinajstić information content (AvgIpc) is 2.63. The number of hydrogen-bond donors (Lipinski definition) is 0. The van der Waals surface area contributed by atoms with E-state index in [1.54, 1.807) is 12.3 Å². The topological polar surface area (TPSA) is 38.2 Å². The number of ether oxygens (including phenoxy) is 1. The normalized spacial score (nSPS) is 25.5. The standard InChI is InChI=1S/C10H14FN3O/c1-7-12-4-3-10(13-7)14(2)9-6-15-5-8(9)11/h3-4,8-9H,5-6H2,1-2H3. The highest BCUT2D eigenvalue weighted by Crippen LogP contribution is 2.19. The van der Waals surface area contributed by atoms with Crippen LogP contribution in [0, 0.1) is 6.92 Å². The minimum absolute atomic E-state index is 0.180. The highest BCUT2D eigenvalue weighted by atomic mass is 19.1. The Hall–Kier alpha value is -1.23. The molecule has 0 amide bonds. The molecule has 82 valence electrons. The highest BCUT2D eigenvalue weighted by Gasteiger charge is 2.32. The fourth-order valence-corrected chi connectivity index (χ4v) is 1.68. The van der Waals surface area contributed by atoms with E-state index in [0.717, 1.165) is 5.82 Å². The maximum atomic E-state index is 13.4. The summed E-state index contributed by atoms with van der Waals surface area (Å²) < 4.78 is 18.5. The van der Waals surface area contributed by atoms with Gasteiger partial charge in [-0.25, -0.2) is 14.4 Å². The largest absolute Gasteiger partial charge is 0.376 e. The molecule has 1 aromatic heterocycles. The predicted molar refractivity (Wildman–Crippen MR) is 54.7 cm³/mol. The molecule has 5 heteroatoms. The highest BCUT2D eigenvalue weighted by molar-refractivity contribution is 5.38. The Morgan fingerprint density at radius 3 is 2.93 bits per heavy atom. The van der Waals surface area contributed by atoms with Gasteiger partial charge < -0.3 is 9.64 Å². The first-order valence-corrected chi connectivity index (χ1v) is 4.93. The second-order valence-electron chi connectivity index (χ2n) is 3.69. The number of nitrogens with zero attached hydrogens (tertiary/aromatic N) is 3. The Balaban J connectivity index is 2.16. The van der Waals surface area contributed by atoms with Gasteiger partial charge in [0.25, 0.3) is 0 Å². The summed E-state index contributed by atoms with van der Waals surface area (Å²) in [6.45, 7) is 2.41. The summed E-state index contributed by atoms with van der Waals surface area (Å²) >= 11 is 0. The number of aryl methyl sites for hydroxylation is 1. The zero-order valence-corrected chi connectivity index (χ0v) is 8.85. The molecule has 1 aliphatic heterocycles. The van der Waals surface area contributed by atoms with E-state index in [1.165, 1.54) is 0 Å². The van der Waals surface area contributed by atoms with Crippen molar-refractivity contribution in [2.24, 2.45) is 0 Å². The quantitative estimate of drug-likeness (QED) is 0.730. The molecule has 0 aromatic carbocycles. The van der Waals surface area contributed by atoms with Gasteiger partial charge in [-0.15, -0.1) is 0 Å². The first-order chi connectivity index (χ1) is 7.18. The van der Waals surface area contributed by atoms with Crippen LogP contribution in [0.25, 0.3) is 0 Å². The van der Waals surface area contributed by atoms with Crippen LogP contribution in [-0.4, -0.2) is 42.4 Å². The summed E-state index contributed by atoms with van der Waals surface area (Å²) in [5, 5.41) is 0. The Kier molecular flexibility index (Phi) is 2.81. The van der Waals surface area contributed by atoms with Gasteiger partial charge in [-0.2, -0.15) is 0 Å². The number of likely N-dealkylation sites (N-methyl/N-ethyl adjacent to an activating group) is 1. The monoisotopic (exact) mass is 211 g/mol. The zero-order valence-electron chi connectivity index (χ0n) is 8.85. The molecule has 1 fully saturated rings. The van der Waals surface area contributed by atoms with Gasteiger partial charge in [0.15, 0.2) is 0 Å². The van der Waals surface area contributed by atoms with Crippen molar-refractivity contribution in [2.75, 3.05) is 25.2 Å². The third-order valence-corrected chi connectivity index (χ3v) is 2.60.